The molecule has 2 fully saturated rings. The fraction of sp³-hybridized carbons (Fsp3) is 0.391. The molecular formula is C23H26O2. The normalized spacial score (nSPS) is 30.6. The van der Waals surface area contributed by atoms with Crippen LogP contribution in [0.15, 0.2) is 67.2 Å². The summed E-state index contributed by atoms with van der Waals surface area (Å²) in [6.07, 6.45) is 2.04. The predicted octanol–water partition coefficient (Wildman–Crippen LogP) is 5.41. The van der Waals surface area contributed by atoms with E-state index in [1.807, 2.05) is 6.07 Å². The van der Waals surface area contributed by atoms with Gasteiger partial charge in [-0.05, 0) is 42.4 Å². The van der Waals surface area contributed by atoms with E-state index in [-0.39, 0.29) is 12.2 Å². The summed E-state index contributed by atoms with van der Waals surface area (Å²) in [5.41, 5.74) is 3.75. The zero-order valence-corrected chi connectivity index (χ0v) is 15.0. The number of hydrogen-bond acceptors (Lipinski definition) is 2. The van der Waals surface area contributed by atoms with Crippen molar-refractivity contribution in [3.63, 3.8) is 0 Å². The van der Waals surface area contributed by atoms with Crippen LogP contribution < -0.4 is 0 Å². The minimum atomic E-state index is -0.471. The predicted molar refractivity (Wildman–Crippen MR) is 101 cm³/mol. The molecule has 2 nitrogen and oxygen atoms in total. The molecule has 0 radical (unpaired) electrons. The van der Waals surface area contributed by atoms with E-state index in [1.54, 1.807) is 0 Å². The molecule has 25 heavy (non-hydrogen) atoms. The highest BCUT2D eigenvalue weighted by Crippen LogP contribution is 2.55. The molecule has 0 amide bonds. The van der Waals surface area contributed by atoms with Gasteiger partial charge in [0.1, 0.15) is 0 Å². The highest BCUT2D eigenvalue weighted by Gasteiger charge is 2.54. The minimum absolute atomic E-state index is 0.139. The van der Waals surface area contributed by atoms with Gasteiger partial charge in [-0.15, -0.1) is 0 Å². The number of hydrogen-bond donors (Lipinski definition) is 0. The van der Waals surface area contributed by atoms with Crippen molar-refractivity contribution in [1.29, 1.82) is 0 Å². The highest BCUT2D eigenvalue weighted by molar-refractivity contribution is 5.67. The highest BCUT2D eigenvalue weighted by atomic mass is 16.8. The van der Waals surface area contributed by atoms with Crippen molar-refractivity contribution in [2.75, 3.05) is 0 Å². The van der Waals surface area contributed by atoms with Crippen LogP contribution in [0, 0.1) is 5.92 Å². The van der Waals surface area contributed by atoms with Crippen LogP contribution in [0.5, 0.6) is 0 Å². The molecule has 1 aliphatic heterocycles. The monoisotopic (exact) mass is 334 g/mol. The molecular weight excluding hydrogens is 308 g/mol. The molecule has 2 aromatic carbocycles. The second-order valence-electron chi connectivity index (χ2n) is 7.48. The van der Waals surface area contributed by atoms with Crippen LogP contribution >= 0.6 is 0 Å². The first-order valence-electron chi connectivity index (χ1n) is 9.23. The molecule has 0 N–H and O–H groups in total. The minimum Gasteiger partial charge on any atom is -0.344 e. The molecule has 2 aliphatic rings. The molecule has 0 aromatic heterocycles. The van der Waals surface area contributed by atoms with Crippen molar-refractivity contribution in [3.8, 4) is 0 Å². The van der Waals surface area contributed by atoms with Crippen molar-refractivity contribution in [2.24, 2.45) is 5.92 Å². The van der Waals surface area contributed by atoms with Crippen LogP contribution in [-0.4, -0.2) is 18.0 Å². The Labute approximate surface area is 150 Å². The molecule has 0 unspecified atom stereocenters. The van der Waals surface area contributed by atoms with E-state index in [2.05, 4.69) is 75.0 Å². The van der Waals surface area contributed by atoms with Crippen LogP contribution in [0.4, 0.5) is 0 Å². The first-order valence-corrected chi connectivity index (χ1v) is 9.23. The molecule has 1 saturated heterocycles. The molecule has 130 valence electrons. The molecule has 2 aromatic rings. The van der Waals surface area contributed by atoms with Gasteiger partial charge in [-0.1, -0.05) is 67.2 Å². The van der Waals surface area contributed by atoms with Gasteiger partial charge < -0.3 is 9.47 Å². The van der Waals surface area contributed by atoms with Crippen molar-refractivity contribution in [1.82, 2.24) is 0 Å². The van der Waals surface area contributed by atoms with Gasteiger partial charge in [0, 0.05) is 12.8 Å². The summed E-state index contributed by atoms with van der Waals surface area (Å²) < 4.78 is 12.7. The Morgan fingerprint density at radius 1 is 0.880 bits per heavy atom. The lowest BCUT2D eigenvalue weighted by atomic mass is 9.82. The Bertz CT molecular complexity index is 727. The van der Waals surface area contributed by atoms with Gasteiger partial charge in [0.25, 0.3) is 0 Å². The smallest absolute Gasteiger partial charge is 0.170 e. The van der Waals surface area contributed by atoms with Crippen LogP contribution in [0.3, 0.4) is 0 Å². The van der Waals surface area contributed by atoms with Crippen molar-refractivity contribution in [2.45, 2.75) is 50.6 Å². The fourth-order valence-electron chi connectivity index (χ4n) is 4.41. The number of benzene rings is 2. The summed E-state index contributed by atoms with van der Waals surface area (Å²) >= 11 is 0. The van der Waals surface area contributed by atoms with Gasteiger partial charge in [-0.3, -0.25) is 0 Å². The third-order valence-corrected chi connectivity index (χ3v) is 5.83. The van der Waals surface area contributed by atoms with Crippen molar-refractivity contribution in [3.05, 3.63) is 78.4 Å². The van der Waals surface area contributed by atoms with Crippen molar-refractivity contribution >= 4 is 5.57 Å². The topological polar surface area (TPSA) is 18.5 Å². The van der Waals surface area contributed by atoms with Gasteiger partial charge in [-0.2, -0.15) is 0 Å². The van der Waals surface area contributed by atoms with E-state index in [4.69, 9.17) is 9.47 Å². The van der Waals surface area contributed by atoms with Crippen molar-refractivity contribution < 1.29 is 9.47 Å². The lowest BCUT2D eigenvalue weighted by Gasteiger charge is -2.23. The third-order valence-electron chi connectivity index (χ3n) is 5.83. The molecule has 1 saturated carbocycles. The summed E-state index contributed by atoms with van der Waals surface area (Å²) in [5.74, 6) is 0.218. The molecule has 2 heteroatoms. The van der Waals surface area contributed by atoms with Gasteiger partial charge in [0.15, 0.2) is 5.79 Å². The van der Waals surface area contributed by atoms with E-state index in [1.165, 1.54) is 16.7 Å². The number of rotatable bonds is 3. The molecule has 0 bridgehead atoms. The Morgan fingerprint density at radius 2 is 1.44 bits per heavy atom. The van der Waals surface area contributed by atoms with Gasteiger partial charge >= 0.3 is 0 Å². The molecule has 4 rings (SSSR count). The van der Waals surface area contributed by atoms with Gasteiger partial charge in [0.2, 0.25) is 0 Å². The Morgan fingerprint density at radius 3 is 2.04 bits per heavy atom. The average molecular weight is 334 g/mol. The largest absolute Gasteiger partial charge is 0.344 e. The Balaban J connectivity index is 1.68. The lowest BCUT2D eigenvalue weighted by Crippen LogP contribution is -2.27. The van der Waals surface area contributed by atoms with E-state index >= 15 is 0 Å². The van der Waals surface area contributed by atoms with Crippen LogP contribution in [-0.2, 0) is 9.47 Å². The maximum Gasteiger partial charge on any atom is 0.170 e. The standard InChI is InChI=1S/C23H26O2/c1-16(19-10-6-4-7-11-19)21-14-23(24-17(2)18(3)25-23)15-22(21)20-12-8-5-9-13-20/h4-13,17-18,21-22H,1,14-15H2,2-3H3/t17-,18-,21+,22-/m1/s1. The third kappa shape index (κ3) is 3.05. The molecule has 4 atom stereocenters. The van der Waals surface area contributed by atoms with E-state index in [0.29, 0.717) is 11.8 Å². The summed E-state index contributed by atoms with van der Waals surface area (Å²) in [4.78, 5) is 0. The molecule has 1 aliphatic carbocycles. The zero-order chi connectivity index (χ0) is 17.4. The number of allylic oxidation sites excluding steroid dienone is 1. The van der Waals surface area contributed by atoms with E-state index < -0.39 is 5.79 Å². The number of ether oxygens (including phenoxy) is 2. The summed E-state index contributed by atoms with van der Waals surface area (Å²) in [6.45, 7) is 8.68. The first kappa shape index (κ1) is 16.6. The molecule has 1 spiro atoms. The zero-order valence-electron chi connectivity index (χ0n) is 15.0. The van der Waals surface area contributed by atoms with E-state index in [9.17, 15) is 0 Å². The van der Waals surface area contributed by atoms with E-state index in [0.717, 1.165) is 12.8 Å². The summed E-state index contributed by atoms with van der Waals surface area (Å²) in [6, 6.07) is 21.2. The maximum absolute atomic E-state index is 6.33. The second-order valence-corrected chi connectivity index (χ2v) is 7.48. The second kappa shape index (κ2) is 6.44. The summed E-state index contributed by atoms with van der Waals surface area (Å²) in [7, 11) is 0. The maximum atomic E-state index is 6.33. The summed E-state index contributed by atoms with van der Waals surface area (Å²) in [5, 5.41) is 0. The SMILES string of the molecule is C=C(c1ccccc1)[C@@H]1CC2(C[C@@H]1c1ccccc1)O[C@H](C)[C@@H](C)O2. The van der Waals surface area contributed by atoms with Gasteiger partial charge in [-0.25, -0.2) is 0 Å². The fourth-order valence-corrected chi connectivity index (χ4v) is 4.41. The Hall–Kier alpha value is -1.90. The van der Waals surface area contributed by atoms with Crippen LogP contribution in [0.25, 0.3) is 5.57 Å². The first-order chi connectivity index (χ1) is 12.1. The molecule has 1 heterocycles. The van der Waals surface area contributed by atoms with Gasteiger partial charge in [0.05, 0.1) is 12.2 Å². The van der Waals surface area contributed by atoms with Crippen LogP contribution in [0.2, 0.25) is 0 Å². The average Bonchev–Trinajstić information content (AvgIpc) is 3.14. The van der Waals surface area contributed by atoms with Crippen LogP contribution in [0.1, 0.15) is 43.7 Å². The Kier molecular flexibility index (Phi) is 4.26. The lowest BCUT2D eigenvalue weighted by molar-refractivity contribution is -0.168. The quantitative estimate of drug-likeness (QED) is 0.747.